The lowest BCUT2D eigenvalue weighted by Crippen LogP contribution is -2.56. The Kier molecular flexibility index (Phi) is 8.04. The predicted molar refractivity (Wildman–Crippen MR) is 135 cm³/mol. The maximum Gasteiger partial charge on any atom is 0.327 e. The SMILES string of the molecule is O=C(O)CCN(C1(C(=O)OCc2ccccc2)CCCC1)S(=O)(=O)c1ccc(-c2ccc(F)cc2)cc1. The average Bonchev–Trinajstić information content (AvgIpc) is 3.39. The van der Waals surface area contributed by atoms with E-state index in [9.17, 15) is 27.5 Å². The molecule has 1 N–H and O–H groups in total. The summed E-state index contributed by atoms with van der Waals surface area (Å²) in [5.74, 6) is -2.22. The molecule has 0 bridgehead atoms. The van der Waals surface area contributed by atoms with Crippen molar-refractivity contribution in [3.05, 3.63) is 90.2 Å². The number of hydrogen-bond acceptors (Lipinski definition) is 5. The number of benzene rings is 3. The molecule has 9 heteroatoms. The van der Waals surface area contributed by atoms with E-state index in [-0.39, 0.29) is 36.7 Å². The first-order valence-electron chi connectivity index (χ1n) is 12.0. The van der Waals surface area contributed by atoms with Gasteiger partial charge in [0.05, 0.1) is 11.3 Å². The molecule has 1 fully saturated rings. The molecule has 0 amide bonds. The maximum atomic E-state index is 13.9. The van der Waals surface area contributed by atoms with E-state index in [1.807, 2.05) is 18.2 Å². The Morgan fingerprint density at radius 1 is 0.892 bits per heavy atom. The van der Waals surface area contributed by atoms with Gasteiger partial charge < -0.3 is 9.84 Å². The monoisotopic (exact) mass is 525 g/mol. The molecule has 3 aromatic rings. The second-order valence-corrected chi connectivity index (χ2v) is 10.9. The largest absolute Gasteiger partial charge is 0.481 e. The molecule has 0 radical (unpaired) electrons. The summed E-state index contributed by atoms with van der Waals surface area (Å²) < 4.78 is 47.7. The minimum Gasteiger partial charge on any atom is -0.481 e. The molecule has 1 aliphatic rings. The van der Waals surface area contributed by atoms with Crippen molar-refractivity contribution in [2.45, 2.75) is 49.1 Å². The van der Waals surface area contributed by atoms with Gasteiger partial charge in [-0.1, -0.05) is 67.4 Å². The summed E-state index contributed by atoms with van der Waals surface area (Å²) in [5.41, 5.74) is 0.678. The number of aliphatic carboxylic acids is 1. The van der Waals surface area contributed by atoms with Crippen LogP contribution >= 0.6 is 0 Å². The van der Waals surface area contributed by atoms with Gasteiger partial charge in [0.25, 0.3) is 0 Å². The van der Waals surface area contributed by atoms with Gasteiger partial charge in [0, 0.05) is 6.54 Å². The zero-order chi connectivity index (χ0) is 26.5. The number of ether oxygens (including phenoxy) is 1. The molecule has 0 aliphatic heterocycles. The molecular formula is C28H28FNO6S. The quantitative estimate of drug-likeness (QED) is 0.373. The fourth-order valence-corrected chi connectivity index (χ4v) is 6.51. The van der Waals surface area contributed by atoms with Gasteiger partial charge in [0.15, 0.2) is 0 Å². The Bertz CT molecular complexity index is 1340. The van der Waals surface area contributed by atoms with E-state index in [4.69, 9.17) is 4.74 Å². The fourth-order valence-electron chi connectivity index (χ4n) is 4.72. The Labute approximate surface area is 215 Å². The summed E-state index contributed by atoms with van der Waals surface area (Å²) in [5, 5.41) is 9.33. The Balaban J connectivity index is 1.66. The van der Waals surface area contributed by atoms with Gasteiger partial charge in [0.1, 0.15) is 18.0 Å². The topological polar surface area (TPSA) is 101 Å². The molecule has 7 nitrogen and oxygen atoms in total. The number of carboxylic acid groups (broad SMARTS) is 1. The molecule has 37 heavy (non-hydrogen) atoms. The van der Waals surface area contributed by atoms with Crippen LogP contribution in [0.15, 0.2) is 83.8 Å². The number of hydrogen-bond donors (Lipinski definition) is 1. The van der Waals surface area contributed by atoms with Crippen molar-refractivity contribution in [3.8, 4) is 11.1 Å². The van der Waals surface area contributed by atoms with E-state index in [0.29, 0.717) is 24.0 Å². The standard InChI is InChI=1S/C28H28FNO6S/c29-24-12-8-22(9-13-24)23-10-14-25(15-11-23)37(34,35)30(19-16-26(31)32)28(17-4-5-18-28)27(33)36-20-21-6-2-1-3-7-21/h1-3,6-15H,4-5,16-20H2,(H,31,32). The van der Waals surface area contributed by atoms with E-state index < -0.39 is 33.9 Å². The number of carbonyl (C=O) groups excluding carboxylic acids is 1. The summed E-state index contributed by atoms with van der Waals surface area (Å²) in [6.45, 7) is -0.377. The number of esters is 1. The summed E-state index contributed by atoms with van der Waals surface area (Å²) in [6, 6.07) is 20.9. The smallest absolute Gasteiger partial charge is 0.327 e. The van der Waals surface area contributed by atoms with Gasteiger partial charge in [-0.25, -0.2) is 17.6 Å². The van der Waals surface area contributed by atoms with Crippen molar-refractivity contribution < 1.29 is 32.2 Å². The highest BCUT2D eigenvalue weighted by atomic mass is 32.2. The van der Waals surface area contributed by atoms with Crippen LogP contribution in [0.2, 0.25) is 0 Å². The second kappa shape index (κ2) is 11.2. The number of sulfonamides is 1. The summed E-state index contributed by atoms with van der Waals surface area (Å²) >= 11 is 0. The van der Waals surface area contributed by atoms with Crippen LogP contribution in [0.1, 0.15) is 37.7 Å². The molecule has 4 rings (SSSR count). The Morgan fingerprint density at radius 2 is 1.46 bits per heavy atom. The van der Waals surface area contributed by atoms with Crippen molar-refractivity contribution in [2.75, 3.05) is 6.54 Å². The van der Waals surface area contributed by atoms with Crippen LogP contribution in [0.3, 0.4) is 0 Å². The van der Waals surface area contributed by atoms with E-state index in [0.717, 1.165) is 9.87 Å². The van der Waals surface area contributed by atoms with Crippen molar-refractivity contribution >= 4 is 22.0 Å². The van der Waals surface area contributed by atoms with Crippen LogP contribution in [0.25, 0.3) is 11.1 Å². The number of nitrogens with zero attached hydrogens (tertiary/aromatic N) is 1. The van der Waals surface area contributed by atoms with E-state index in [1.54, 1.807) is 36.4 Å². The Morgan fingerprint density at radius 3 is 2.03 bits per heavy atom. The molecule has 0 spiro atoms. The molecular weight excluding hydrogens is 497 g/mol. The zero-order valence-corrected chi connectivity index (χ0v) is 21.0. The fraction of sp³-hybridized carbons (Fsp3) is 0.286. The molecule has 0 saturated heterocycles. The first-order valence-corrected chi connectivity index (χ1v) is 13.5. The van der Waals surface area contributed by atoms with E-state index in [1.165, 1.54) is 24.3 Å². The third-order valence-corrected chi connectivity index (χ3v) is 8.63. The molecule has 1 aliphatic carbocycles. The van der Waals surface area contributed by atoms with Gasteiger partial charge in [-0.05, 0) is 53.8 Å². The van der Waals surface area contributed by atoms with Crippen LogP contribution in [0, 0.1) is 5.82 Å². The number of halogens is 1. The van der Waals surface area contributed by atoms with Crippen molar-refractivity contribution in [1.82, 2.24) is 4.31 Å². The van der Waals surface area contributed by atoms with Gasteiger partial charge in [-0.3, -0.25) is 4.79 Å². The Hall–Kier alpha value is -3.56. The maximum absolute atomic E-state index is 13.9. The summed E-state index contributed by atoms with van der Waals surface area (Å²) in [7, 11) is -4.26. The van der Waals surface area contributed by atoms with E-state index >= 15 is 0 Å². The molecule has 194 valence electrons. The highest BCUT2D eigenvalue weighted by Gasteiger charge is 2.52. The van der Waals surface area contributed by atoms with Crippen LogP contribution in [0.4, 0.5) is 4.39 Å². The highest BCUT2D eigenvalue weighted by Crippen LogP contribution is 2.40. The number of carbonyl (C=O) groups is 2. The predicted octanol–water partition coefficient (Wildman–Crippen LogP) is 5.01. The average molecular weight is 526 g/mol. The molecule has 0 atom stereocenters. The van der Waals surface area contributed by atoms with Crippen LogP contribution in [-0.4, -0.2) is 41.9 Å². The lowest BCUT2D eigenvalue weighted by Gasteiger charge is -2.38. The van der Waals surface area contributed by atoms with Crippen LogP contribution < -0.4 is 0 Å². The van der Waals surface area contributed by atoms with Crippen LogP contribution in [0.5, 0.6) is 0 Å². The van der Waals surface area contributed by atoms with Gasteiger partial charge >= 0.3 is 11.9 Å². The van der Waals surface area contributed by atoms with Crippen molar-refractivity contribution in [2.24, 2.45) is 0 Å². The first kappa shape index (κ1) is 26.5. The lowest BCUT2D eigenvalue weighted by atomic mass is 9.97. The molecule has 0 unspecified atom stereocenters. The number of carboxylic acids is 1. The van der Waals surface area contributed by atoms with Crippen LogP contribution in [-0.2, 0) is 31.0 Å². The van der Waals surface area contributed by atoms with Gasteiger partial charge in [-0.2, -0.15) is 4.31 Å². The molecule has 0 aromatic heterocycles. The number of rotatable bonds is 10. The third kappa shape index (κ3) is 5.89. The van der Waals surface area contributed by atoms with Gasteiger partial charge in [0.2, 0.25) is 10.0 Å². The molecule has 1 saturated carbocycles. The lowest BCUT2D eigenvalue weighted by molar-refractivity contribution is -0.157. The van der Waals surface area contributed by atoms with Crippen molar-refractivity contribution in [3.63, 3.8) is 0 Å². The molecule has 0 heterocycles. The normalized spacial score (nSPS) is 15.0. The summed E-state index contributed by atoms with van der Waals surface area (Å²) in [4.78, 5) is 24.8. The first-order chi connectivity index (χ1) is 17.7. The zero-order valence-electron chi connectivity index (χ0n) is 20.2. The highest BCUT2D eigenvalue weighted by molar-refractivity contribution is 7.89. The van der Waals surface area contributed by atoms with Gasteiger partial charge in [-0.15, -0.1) is 0 Å². The summed E-state index contributed by atoms with van der Waals surface area (Å²) in [6.07, 6.45) is 1.26. The molecule has 3 aromatic carbocycles. The second-order valence-electron chi connectivity index (χ2n) is 9.05. The van der Waals surface area contributed by atoms with Crippen molar-refractivity contribution in [1.29, 1.82) is 0 Å². The minimum atomic E-state index is -4.26. The van der Waals surface area contributed by atoms with E-state index in [2.05, 4.69) is 0 Å². The minimum absolute atomic E-state index is 0.0133. The third-order valence-electron chi connectivity index (χ3n) is 6.65.